The van der Waals surface area contributed by atoms with Gasteiger partial charge in [-0.2, -0.15) is 0 Å². The summed E-state index contributed by atoms with van der Waals surface area (Å²) in [5.41, 5.74) is 6.23. The summed E-state index contributed by atoms with van der Waals surface area (Å²) in [4.78, 5) is 14.7. The highest BCUT2D eigenvalue weighted by Gasteiger charge is 2.19. The van der Waals surface area contributed by atoms with Crippen LogP contribution in [-0.2, 0) is 6.42 Å². The van der Waals surface area contributed by atoms with Crippen molar-refractivity contribution in [1.29, 1.82) is 0 Å². The van der Waals surface area contributed by atoms with Gasteiger partial charge in [-0.3, -0.25) is 4.79 Å². The van der Waals surface area contributed by atoms with E-state index in [1.54, 1.807) is 6.07 Å². The number of aromatic nitrogens is 2. The van der Waals surface area contributed by atoms with Crippen LogP contribution in [0, 0.1) is 0 Å². The summed E-state index contributed by atoms with van der Waals surface area (Å²) in [7, 11) is 0. The summed E-state index contributed by atoms with van der Waals surface area (Å²) < 4.78 is 0. The van der Waals surface area contributed by atoms with Crippen LogP contribution in [0.2, 0.25) is 0 Å². The maximum absolute atomic E-state index is 12.5. The van der Waals surface area contributed by atoms with Crippen molar-refractivity contribution in [3.05, 3.63) is 71.4 Å². The molecule has 5 rings (SSSR count). The SMILES string of the molecule is O=C(Nc1ccc2c(c1)Cc1ccccc1-2)c1ccc(N2CCCC2)nn1. The van der Waals surface area contributed by atoms with Crippen LogP contribution in [0.1, 0.15) is 34.5 Å². The Morgan fingerprint density at radius 1 is 0.889 bits per heavy atom. The molecule has 1 amide bonds. The molecule has 5 heteroatoms. The highest BCUT2D eigenvalue weighted by molar-refractivity contribution is 6.03. The minimum atomic E-state index is -0.231. The molecule has 0 spiro atoms. The second-order valence-corrected chi connectivity index (χ2v) is 7.13. The molecule has 134 valence electrons. The molecule has 3 aromatic rings. The number of hydrogen-bond acceptors (Lipinski definition) is 4. The molecule has 1 aliphatic heterocycles. The number of carbonyl (C=O) groups excluding carboxylic acids is 1. The van der Waals surface area contributed by atoms with Gasteiger partial charge in [-0.05, 0) is 65.8 Å². The van der Waals surface area contributed by atoms with Crippen LogP contribution in [0.5, 0.6) is 0 Å². The summed E-state index contributed by atoms with van der Waals surface area (Å²) in [6, 6.07) is 18.2. The molecule has 0 unspecified atom stereocenters. The number of nitrogens with one attached hydrogen (secondary N) is 1. The molecule has 2 aromatic carbocycles. The lowest BCUT2D eigenvalue weighted by atomic mass is 10.1. The van der Waals surface area contributed by atoms with E-state index in [4.69, 9.17) is 0 Å². The van der Waals surface area contributed by atoms with E-state index < -0.39 is 0 Å². The fourth-order valence-corrected chi connectivity index (χ4v) is 3.98. The van der Waals surface area contributed by atoms with Crippen LogP contribution >= 0.6 is 0 Å². The molecule has 27 heavy (non-hydrogen) atoms. The number of nitrogens with zero attached hydrogens (tertiary/aromatic N) is 3. The fraction of sp³-hybridized carbons (Fsp3) is 0.227. The lowest BCUT2D eigenvalue weighted by Gasteiger charge is -2.15. The van der Waals surface area contributed by atoms with Crippen LogP contribution in [0.25, 0.3) is 11.1 Å². The molecule has 1 fully saturated rings. The Kier molecular flexibility index (Phi) is 3.85. The molecular weight excluding hydrogens is 336 g/mol. The van der Waals surface area contributed by atoms with Crippen molar-refractivity contribution < 1.29 is 4.79 Å². The van der Waals surface area contributed by atoms with Crippen molar-refractivity contribution in [3.63, 3.8) is 0 Å². The average molecular weight is 356 g/mol. The van der Waals surface area contributed by atoms with Gasteiger partial charge in [-0.15, -0.1) is 10.2 Å². The Morgan fingerprint density at radius 2 is 1.70 bits per heavy atom. The zero-order valence-corrected chi connectivity index (χ0v) is 15.0. The van der Waals surface area contributed by atoms with E-state index in [0.717, 1.165) is 31.0 Å². The number of rotatable bonds is 3. The zero-order chi connectivity index (χ0) is 18.2. The Morgan fingerprint density at radius 3 is 2.52 bits per heavy atom. The lowest BCUT2D eigenvalue weighted by Crippen LogP contribution is -2.21. The van der Waals surface area contributed by atoms with Crippen molar-refractivity contribution in [3.8, 4) is 11.1 Å². The molecular formula is C22H20N4O. The summed E-state index contributed by atoms with van der Waals surface area (Å²) in [6.07, 6.45) is 3.28. The third-order valence-electron chi connectivity index (χ3n) is 5.36. The molecule has 5 nitrogen and oxygen atoms in total. The van der Waals surface area contributed by atoms with Gasteiger partial charge in [0.1, 0.15) is 0 Å². The number of benzene rings is 2. The minimum Gasteiger partial charge on any atom is -0.355 e. The van der Waals surface area contributed by atoms with E-state index in [-0.39, 0.29) is 5.91 Å². The Hall–Kier alpha value is -3.21. The van der Waals surface area contributed by atoms with Gasteiger partial charge in [0.15, 0.2) is 11.5 Å². The largest absolute Gasteiger partial charge is 0.355 e. The highest BCUT2D eigenvalue weighted by Crippen LogP contribution is 2.37. The van der Waals surface area contributed by atoms with E-state index in [1.165, 1.54) is 35.1 Å². The van der Waals surface area contributed by atoms with E-state index in [2.05, 4.69) is 56.8 Å². The zero-order valence-electron chi connectivity index (χ0n) is 15.0. The average Bonchev–Trinajstić information content (AvgIpc) is 3.35. The van der Waals surface area contributed by atoms with E-state index in [9.17, 15) is 4.79 Å². The van der Waals surface area contributed by atoms with E-state index >= 15 is 0 Å². The van der Waals surface area contributed by atoms with Gasteiger partial charge >= 0.3 is 0 Å². The van der Waals surface area contributed by atoms with Gasteiger partial charge in [0.2, 0.25) is 0 Å². The quantitative estimate of drug-likeness (QED) is 0.605. The number of carbonyl (C=O) groups is 1. The molecule has 1 aromatic heterocycles. The Balaban J connectivity index is 1.32. The number of amides is 1. The third-order valence-corrected chi connectivity index (χ3v) is 5.36. The van der Waals surface area contributed by atoms with Crippen LogP contribution in [0.15, 0.2) is 54.6 Å². The number of hydrogen-bond donors (Lipinski definition) is 1. The van der Waals surface area contributed by atoms with Gasteiger partial charge in [0.25, 0.3) is 5.91 Å². The van der Waals surface area contributed by atoms with E-state index in [1.807, 2.05) is 12.1 Å². The molecule has 0 saturated carbocycles. The molecule has 2 aliphatic rings. The first-order valence-electron chi connectivity index (χ1n) is 9.39. The first-order valence-corrected chi connectivity index (χ1v) is 9.39. The standard InChI is InChI=1S/C22H20N4O/c27-22(20-9-10-21(25-24-20)26-11-3-4-12-26)23-17-7-8-19-16(14-17)13-15-5-1-2-6-18(15)19/h1-2,5-10,14H,3-4,11-13H2,(H,23,27). The molecule has 0 atom stereocenters. The van der Waals surface area contributed by atoms with Crippen molar-refractivity contribution in [2.24, 2.45) is 0 Å². The van der Waals surface area contributed by atoms with Crippen molar-refractivity contribution in [2.75, 3.05) is 23.3 Å². The van der Waals surface area contributed by atoms with Crippen LogP contribution in [0.4, 0.5) is 11.5 Å². The predicted molar refractivity (Wildman–Crippen MR) is 106 cm³/mol. The Labute approximate surface area is 158 Å². The van der Waals surface area contributed by atoms with Gasteiger partial charge in [-0.25, -0.2) is 0 Å². The summed E-state index contributed by atoms with van der Waals surface area (Å²) in [5, 5.41) is 11.3. The number of anilines is 2. The summed E-state index contributed by atoms with van der Waals surface area (Å²) in [6.45, 7) is 2.02. The molecule has 1 saturated heterocycles. The third kappa shape index (κ3) is 2.95. The minimum absolute atomic E-state index is 0.231. The fourth-order valence-electron chi connectivity index (χ4n) is 3.98. The van der Waals surface area contributed by atoms with Crippen LogP contribution < -0.4 is 10.2 Å². The van der Waals surface area contributed by atoms with Crippen molar-refractivity contribution in [1.82, 2.24) is 10.2 Å². The monoisotopic (exact) mass is 356 g/mol. The van der Waals surface area contributed by atoms with Crippen LogP contribution in [0.3, 0.4) is 0 Å². The molecule has 1 N–H and O–H groups in total. The first-order chi connectivity index (χ1) is 13.3. The van der Waals surface area contributed by atoms with E-state index in [0.29, 0.717) is 5.69 Å². The van der Waals surface area contributed by atoms with Gasteiger partial charge in [0, 0.05) is 18.8 Å². The van der Waals surface area contributed by atoms with Gasteiger partial charge in [-0.1, -0.05) is 30.3 Å². The molecule has 1 aliphatic carbocycles. The Bertz CT molecular complexity index is 1010. The van der Waals surface area contributed by atoms with Crippen molar-refractivity contribution >= 4 is 17.4 Å². The second kappa shape index (κ2) is 6.50. The normalized spacial score (nSPS) is 14.7. The van der Waals surface area contributed by atoms with Crippen LogP contribution in [-0.4, -0.2) is 29.2 Å². The predicted octanol–water partition coefficient (Wildman–Crippen LogP) is 3.90. The lowest BCUT2D eigenvalue weighted by molar-refractivity contribution is 0.102. The number of fused-ring (bicyclic) bond motifs is 3. The maximum Gasteiger partial charge on any atom is 0.276 e. The molecule has 0 radical (unpaired) electrons. The summed E-state index contributed by atoms with van der Waals surface area (Å²) >= 11 is 0. The smallest absolute Gasteiger partial charge is 0.276 e. The molecule has 2 heterocycles. The summed E-state index contributed by atoms with van der Waals surface area (Å²) in [5.74, 6) is 0.616. The topological polar surface area (TPSA) is 58.1 Å². The second-order valence-electron chi connectivity index (χ2n) is 7.13. The first kappa shape index (κ1) is 16.0. The van der Waals surface area contributed by atoms with Crippen molar-refractivity contribution in [2.45, 2.75) is 19.3 Å². The van der Waals surface area contributed by atoms with Gasteiger partial charge < -0.3 is 10.2 Å². The highest BCUT2D eigenvalue weighted by atomic mass is 16.1. The molecule has 0 bridgehead atoms. The maximum atomic E-state index is 12.5. The van der Waals surface area contributed by atoms with Gasteiger partial charge in [0.05, 0.1) is 0 Å².